The summed E-state index contributed by atoms with van der Waals surface area (Å²) in [6, 6.07) is 1.66. The van der Waals surface area contributed by atoms with E-state index in [2.05, 4.69) is 16.0 Å². The smallest absolute Gasteiger partial charge is 0.244 e. The maximum absolute atomic E-state index is 12.0. The lowest BCUT2D eigenvalue weighted by Gasteiger charge is -2.21. The molecule has 0 spiro atoms. The second-order valence-electron chi connectivity index (χ2n) is 5.02. The van der Waals surface area contributed by atoms with Crippen LogP contribution in [0, 0.1) is 0 Å². The first-order valence-corrected chi connectivity index (χ1v) is 7.56. The molecule has 5 nitrogen and oxygen atoms in total. The molecule has 1 fully saturated rings. The first-order chi connectivity index (χ1) is 9.16. The molecular formula is C13H18N4OS. The van der Waals surface area contributed by atoms with Crippen LogP contribution in [-0.4, -0.2) is 42.8 Å². The molecule has 6 heteroatoms. The Bertz CT molecular complexity index is 501. The molecule has 2 aliphatic heterocycles. The minimum atomic E-state index is -0.433. The van der Waals surface area contributed by atoms with Crippen LogP contribution in [0.4, 0.5) is 11.5 Å². The van der Waals surface area contributed by atoms with Gasteiger partial charge >= 0.3 is 0 Å². The molecule has 1 atom stereocenters. The van der Waals surface area contributed by atoms with Crippen molar-refractivity contribution in [3.05, 3.63) is 12.3 Å². The SMILES string of the molecule is CN1C(=O)[C@@H](N)CSc2cc(N3CCCC3)ncc21. The number of rotatable bonds is 1. The molecule has 2 N–H and O–H groups in total. The number of thioether (sulfide) groups is 1. The molecule has 2 aliphatic rings. The number of nitrogens with zero attached hydrogens (tertiary/aromatic N) is 3. The predicted octanol–water partition coefficient (Wildman–Crippen LogP) is 1.08. The van der Waals surface area contributed by atoms with Gasteiger partial charge in [-0.2, -0.15) is 0 Å². The number of fused-ring (bicyclic) bond motifs is 1. The average Bonchev–Trinajstić information content (AvgIpc) is 2.93. The maximum Gasteiger partial charge on any atom is 0.244 e. The highest BCUT2D eigenvalue weighted by atomic mass is 32.2. The van der Waals surface area contributed by atoms with Crippen molar-refractivity contribution in [3.63, 3.8) is 0 Å². The number of amides is 1. The molecule has 102 valence electrons. The van der Waals surface area contributed by atoms with Gasteiger partial charge in [-0.3, -0.25) is 4.79 Å². The summed E-state index contributed by atoms with van der Waals surface area (Å²) in [7, 11) is 1.77. The van der Waals surface area contributed by atoms with Gasteiger partial charge in [-0.05, 0) is 18.9 Å². The monoisotopic (exact) mass is 278 g/mol. The Labute approximate surface area is 117 Å². The molecule has 1 aromatic rings. The Balaban J connectivity index is 1.94. The number of hydrogen-bond acceptors (Lipinski definition) is 5. The van der Waals surface area contributed by atoms with E-state index in [1.807, 2.05) is 0 Å². The molecular weight excluding hydrogens is 260 g/mol. The van der Waals surface area contributed by atoms with Gasteiger partial charge in [0.05, 0.1) is 17.9 Å². The third kappa shape index (κ3) is 2.30. The lowest BCUT2D eigenvalue weighted by Crippen LogP contribution is -2.42. The number of pyridine rings is 1. The molecule has 0 aliphatic carbocycles. The van der Waals surface area contributed by atoms with Gasteiger partial charge < -0.3 is 15.5 Å². The van der Waals surface area contributed by atoms with E-state index in [0.29, 0.717) is 5.75 Å². The first-order valence-electron chi connectivity index (χ1n) is 6.58. The summed E-state index contributed by atoms with van der Waals surface area (Å²) >= 11 is 1.64. The van der Waals surface area contributed by atoms with Gasteiger partial charge in [0, 0.05) is 30.8 Å². The maximum atomic E-state index is 12.0. The van der Waals surface area contributed by atoms with Gasteiger partial charge in [0.25, 0.3) is 0 Å². The van der Waals surface area contributed by atoms with Gasteiger partial charge in [-0.25, -0.2) is 4.98 Å². The summed E-state index contributed by atoms with van der Waals surface area (Å²) in [5, 5.41) is 0. The fourth-order valence-electron chi connectivity index (χ4n) is 2.52. The summed E-state index contributed by atoms with van der Waals surface area (Å²) in [6.07, 6.45) is 4.26. The van der Waals surface area contributed by atoms with Crippen molar-refractivity contribution in [2.45, 2.75) is 23.8 Å². The number of anilines is 2. The van der Waals surface area contributed by atoms with E-state index < -0.39 is 6.04 Å². The molecule has 1 amide bonds. The molecule has 0 unspecified atom stereocenters. The Morgan fingerprint density at radius 3 is 2.89 bits per heavy atom. The second kappa shape index (κ2) is 5.02. The summed E-state index contributed by atoms with van der Waals surface area (Å²) in [4.78, 5) is 21.5. The van der Waals surface area contributed by atoms with E-state index in [0.717, 1.165) is 29.5 Å². The topological polar surface area (TPSA) is 62.5 Å². The van der Waals surface area contributed by atoms with Gasteiger partial charge in [0.2, 0.25) is 5.91 Å². The van der Waals surface area contributed by atoms with Crippen molar-refractivity contribution >= 4 is 29.2 Å². The van der Waals surface area contributed by atoms with Gasteiger partial charge in [0.1, 0.15) is 5.82 Å². The number of hydrogen-bond donors (Lipinski definition) is 1. The van der Waals surface area contributed by atoms with Crippen LogP contribution in [0.3, 0.4) is 0 Å². The molecule has 0 aromatic carbocycles. The average molecular weight is 278 g/mol. The lowest BCUT2D eigenvalue weighted by molar-refractivity contribution is -0.119. The normalized spacial score (nSPS) is 23.5. The molecule has 3 rings (SSSR count). The van der Waals surface area contributed by atoms with Crippen molar-refractivity contribution in [1.29, 1.82) is 0 Å². The largest absolute Gasteiger partial charge is 0.357 e. The number of likely N-dealkylation sites (N-methyl/N-ethyl adjacent to an activating group) is 1. The Morgan fingerprint density at radius 1 is 1.42 bits per heavy atom. The summed E-state index contributed by atoms with van der Waals surface area (Å²) < 4.78 is 0. The highest BCUT2D eigenvalue weighted by molar-refractivity contribution is 7.99. The van der Waals surface area contributed by atoms with Gasteiger partial charge in [-0.15, -0.1) is 11.8 Å². The van der Waals surface area contributed by atoms with Crippen LogP contribution in [0.2, 0.25) is 0 Å². The van der Waals surface area contributed by atoms with Crippen LogP contribution < -0.4 is 15.5 Å². The Morgan fingerprint density at radius 2 is 2.16 bits per heavy atom. The molecule has 1 aromatic heterocycles. The summed E-state index contributed by atoms with van der Waals surface area (Å²) in [5.41, 5.74) is 6.73. The van der Waals surface area contributed by atoms with Crippen molar-refractivity contribution in [2.75, 3.05) is 35.7 Å². The number of carbonyl (C=O) groups excluding carboxylic acids is 1. The number of carbonyl (C=O) groups is 1. The minimum Gasteiger partial charge on any atom is -0.357 e. The zero-order valence-electron chi connectivity index (χ0n) is 11.0. The summed E-state index contributed by atoms with van der Waals surface area (Å²) in [5.74, 6) is 1.60. The number of aromatic nitrogens is 1. The van der Waals surface area contributed by atoms with Crippen molar-refractivity contribution < 1.29 is 4.79 Å². The van der Waals surface area contributed by atoms with Crippen molar-refractivity contribution in [2.24, 2.45) is 5.73 Å². The van der Waals surface area contributed by atoms with E-state index in [9.17, 15) is 4.79 Å². The third-order valence-corrected chi connectivity index (χ3v) is 4.85. The first kappa shape index (κ1) is 12.7. The highest BCUT2D eigenvalue weighted by Crippen LogP contribution is 2.35. The fourth-order valence-corrected chi connectivity index (χ4v) is 3.55. The molecule has 1 saturated heterocycles. The van der Waals surface area contributed by atoms with Crippen molar-refractivity contribution in [1.82, 2.24) is 4.98 Å². The Hall–Kier alpha value is -1.27. The van der Waals surface area contributed by atoms with Crippen LogP contribution in [0.15, 0.2) is 17.2 Å². The lowest BCUT2D eigenvalue weighted by atomic mass is 10.3. The van der Waals surface area contributed by atoms with Crippen LogP contribution >= 0.6 is 11.8 Å². The molecule has 0 saturated carbocycles. The van der Waals surface area contributed by atoms with Crippen LogP contribution in [-0.2, 0) is 4.79 Å². The zero-order valence-corrected chi connectivity index (χ0v) is 11.8. The highest BCUT2D eigenvalue weighted by Gasteiger charge is 2.27. The van der Waals surface area contributed by atoms with E-state index in [4.69, 9.17) is 5.73 Å². The van der Waals surface area contributed by atoms with Crippen molar-refractivity contribution in [3.8, 4) is 0 Å². The van der Waals surface area contributed by atoms with E-state index >= 15 is 0 Å². The van der Waals surface area contributed by atoms with E-state index in [1.165, 1.54) is 12.8 Å². The molecule has 3 heterocycles. The van der Waals surface area contributed by atoms with Crippen LogP contribution in [0.1, 0.15) is 12.8 Å². The van der Waals surface area contributed by atoms with Gasteiger partial charge in [-0.1, -0.05) is 0 Å². The minimum absolute atomic E-state index is 0.0398. The molecule has 0 radical (unpaired) electrons. The van der Waals surface area contributed by atoms with E-state index in [-0.39, 0.29) is 5.91 Å². The fraction of sp³-hybridized carbons (Fsp3) is 0.538. The third-order valence-electron chi connectivity index (χ3n) is 3.69. The number of nitrogens with two attached hydrogens (primary N) is 1. The quantitative estimate of drug-likeness (QED) is 0.833. The summed E-state index contributed by atoms with van der Waals surface area (Å²) in [6.45, 7) is 2.15. The van der Waals surface area contributed by atoms with Crippen LogP contribution in [0.25, 0.3) is 0 Å². The standard InChI is InChI=1S/C13H18N4OS/c1-16-10-7-15-12(17-4-2-3-5-17)6-11(10)19-8-9(14)13(16)18/h6-7,9H,2-5,8,14H2,1H3/t9-/m0/s1. The molecule has 19 heavy (non-hydrogen) atoms. The zero-order chi connectivity index (χ0) is 13.4. The second-order valence-corrected chi connectivity index (χ2v) is 6.08. The van der Waals surface area contributed by atoms with E-state index in [1.54, 1.807) is 29.9 Å². The van der Waals surface area contributed by atoms with Crippen LogP contribution in [0.5, 0.6) is 0 Å². The predicted molar refractivity (Wildman–Crippen MR) is 77.8 cm³/mol. The molecule has 0 bridgehead atoms. The van der Waals surface area contributed by atoms with Gasteiger partial charge in [0.15, 0.2) is 0 Å². The Kier molecular flexibility index (Phi) is 3.36.